The predicted octanol–water partition coefficient (Wildman–Crippen LogP) is 1.97. The molecule has 1 fully saturated rings. The summed E-state index contributed by atoms with van der Waals surface area (Å²) >= 11 is 0. The van der Waals surface area contributed by atoms with Crippen molar-refractivity contribution in [1.29, 1.82) is 5.26 Å². The Kier molecular flexibility index (Phi) is 2.72. The van der Waals surface area contributed by atoms with Crippen LogP contribution in [-0.4, -0.2) is 13.2 Å². The minimum absolute atomic E-state index is 0.443. The molecule has 1 heterocycles. The molecule has 15 heavy (non-hydrogen) atoms. The number of rotatable bonds is 2. The second kappa shape index (κ2) is 4.01. The molecule has 0 spiro atoms. The van der Waals surface area contributed by atoms with E-state index in [0.29, 0.717) is 19.6 Å². The first-order chi connectivity index (χ1) is 7.24. The maximum Gasteiger partial charge on any atom is 0.192 e. The predicted molar refractivity (Wildman–Crippen MR) is 55.0 cm³/mol. The molecule has 0 atom stereocenters. The SMILES string of the molecule is CC1(c2ccc(CC#N)cc2)OCCO1. The van der Waals surface area contributed by atoms with Crippen molar-refractivity contribution in [3.8, 4) is 6.07 Å². The van der Waals surface area contributed by atoms with Gasteiger partial charge in [0, 0.05) is 5.56 Å². The Morgan fingerprint density at radius 1 is 1.27 bits per heavy atom. The van der Waals surface area contributed by atoms with Crippen molar-refractivity contribution in [3.63, 3.8) is 0 Å². The summed E-state index contributed by atoms with van der Waals surface area (Å²) < 4.78 is 11.1. The van der Waals surface area contributed by atoms with E-state index in [4.69, 9.17) is 14.7 Å². The van der Waals surface area contributed by atoms with Crippen molar-refractivity contribution >= 4 is 0 Å². The molecule has 0 amide bonds. The molecule has 78 valence electrons. The van der Waals surface area contributed by atoms with Crippen LogP contribution in [0.15, 0.2) is 24.3 Å². The van der Waals surface area contributed by atoms with Crippen LogP contribution in [0.1, 0.15) is 18.1 Å². The highest BCUT2D eigenvalue weighted by atomic mass is 16.7. The first kappa shape index (κ1) is 10.2. The van der Waals surface area contributed by atoms with Crippen LogP contribution in [0.4, 0.5) is 0 Å². The third-order valence-corrected chi connectivity index (χ3v) is 2.60. The maximum absolute atomic E-state index is 8.55. The molecule has 0 radical (unpaired) electrons. The molecule has 0 aliphatic carbocycles. The first-order valence-electron chi connectivity index (χ1n) is 4.99. The molecule has 0 saturated carbocycles. The van der Waals surface area contributed by atoms with E-state index in [1.54, 1.807) is 0 Å². The van der Waals surface area contributed by atoms with Gasteiger partial charge in [-0.2, -0.15) is 5.26 Å². The van der Waals surface area contributed by atoms with Gasteiger partial charge in [-0.05, 0) is 12.5 Å². The van der Waals surface area contributed by atoms with Gasteiger partial charge in [-0.3, -0.25) is 0 Å². The van der Waals surface area contributed by atoms with E-state index in [-0.39, 0.29) is 0 Å². The van der Waals surface area contributed by atoms with Gasteiger partial charge in [-0.15, -0.1) is 0 Å². The molecule has 0 aromatic heterocycles. The highest BCUT2D eigenvalue weighted by Crippen LogP contribution is 2.30. The molecule has 1 aromatic carbocycles. The average Bonchev–Trinajstić information content (AvgIpc) is 2.68. The zero-order valence-electron chi connectivity index (χ0n) is 8.69. The van der Waals surface area contributed by atoms with E-state index >= 15 is 0 Å². The lowest BCUT2D eigenvalue weighted by Crippen LogP contribution is -2.22. The fraction of sp³-hybridized carbons (Fsp3) is 0.417. The minimum Gasteiger partial charge on any atom is -0.344 e. The molecule has 1 aliphatic rings. The second-order valence-corrected chi connectivity index (χ2v) is 3.67. The summed E-state index contributed by atoms with van der Waals surface area (Å²) in [4.78, 5) is 0. The molecule has 0 bridgehead atoms. The van der Waals surface area contributed by atoms with Crippen molar-refractivity contribution in [1.82, 2.24) is 0 Å². The Bertz CT molecular complexity index is 372. The number of hydrogen-bond donors (Lipinski definition) is 0. The van der Waals surface area contributed by atoms with E-state index in [0.717, 1.165) is 11.1 Å². The molecule has 0 unspecified atom stereocenters. The number of benzene rings is 1. The van der Waals surface area contributed by atoms with Crippen molar-refractivity contribution in [2.75, 3.05) is 13.2 Å². The molecule has 0 N–H and O–H groups in total. The van der Waals surface area contributed by atoms with Crippen LogP contribution in [0.25, 0.3) is 0 Å². The lowest BCUT2D eigenvalue weighted by molar-refractivity contribution is -0.149. The molecule has 1 aliphatic heterocycles. The highest BCUT2D eigenvalue weighted by Gasteiger charge is 2.32. The Balaban J connectivity index is 2.20. The lowest BCUT2D eigenvalue weighted by atomic mass is 10.0. The minimum atomic E-state index is -0.606. The summed E-state index contributed by atoms with van der Waals surface area (Å²) in [6.45, 7) is 3.19. The number of ether oxygens (including phenoxy) is 2. The summed E-state index contributed by atoms with van der Waals surface area (Å²) in [7, 11) is 0. The normalized spacial score (nSPS) is 18.7. The van der Waals surface area contributed by atoms with E-state index < -0.39 is 5.79 Å². The molecule has 3 nitrogen and oxygen atoms in total. The molecule has 2 rings (SSSR count). The summed E-state index contributed by atoms with van der Waals surface area (Å²) in [6, 6.07) is 9.91. The third kappa shape index (κ3) is 2.01. The van der Waals surface area contributed by atoms with Crippen LogP contribution in [0, 0.1) is 11.3 Å². The molecule has 1 aromatic rings. The largest absolute Gasteiger partial charge is 0.344 e. The van der Waals surface area contributed by atoms with Gasteiger partial charge in [0.15, 0.2) is 5.79 Å². The number of nitriles is 1. The smallest absolute Gasteiger partial charge is 0.192 e. The standard InChI is InChI=1S/C12H13NO2/c1-12(14-8-9-15-12)11-4-2-10(3-5-11)6-7-13/h2-5H,6,8-9H2,1H3. The van der Waals surface area contributed by atoms with Gasteiger partial charge in [0.25, 0.3) is 0 Å². The second-order valence-electron chi connectivity index (χ2n) is 3.67. The van der Waals surface area contributed by atoms with Crippen molar-refractivity contribution in [3.05, 3.63) is 35.4 Å². The van der Waals surface area contributed by atoms with Gasteiger partial charge in [-0.1, -0.05) is 24.3 Å². The Hall–Kier alpha value is -1.37. The summed E-state index contributed by atoms with van der Waals surface area (Å²) in [5.74, 6) is -0.606. The van der Waals surface area contributed by atoms with E-state index in [9.17, 15) is 0 Å². The Morgan fingerprint density at radius 2 is 1.87 bits per heavy atom. The Morgan fingerprint density at radius 3 is 2.40 bits per heavy atom. The average molecular weight is 203 g/mol. The van der Waals surface area contributed by atoms with Crippen LogP contribution in [0.2, 0.25) is 0 Å². The van der Waals surface area contributed by atoms with Crippen LogP contribution in [-0.2, 0) is 21.7 Å². The van der Waals surface area contributed by atoms with Crippen LogP contribution in [0.5, 0.6) is 0 Å². The zero-order valence-corrected chi connectivity index (χ0v) is 8.69. The van der Waals surface area contributed by atoms with Gasteiger partial charge in [-0.25, -0.2) is 0 Å². The monoisotopic (exact) mass is 203 g/mol. The summed E-state index contributed by atoms with van der Waals surface area (Å²) in [6.07, 6.45) is 0.443. The highest BCUT2D eigenvalue weighted by molar-refractivity contribution is 5.27. The van der Waals surface area contributed by atoms with Crippen molar-refractivity contribution in [2.45, 2.75) is 19.1 Å². The summed E-state index contributed by atoms with van der Waals surface area (Å²) in [5.41, 5.74) is 2.02. The molecular weight excluding hydrogens is 190 g/mol. The fourth-order valence-corrected chi connectivity index (χ4v) is 1.70. The van der Waals surface area contributed by atoms with E-state index in [2.05, 4.69) is 6.07 Å². The fourth-order valence-electron chi connectivity index (χ4n) is 1.70. The van der Waals surface area contributed by atoms with Gasteiger partial charge in [0.2, 0.25) is 0 Å². The first-order valence-corrected chi connectivity index (χ1v) is 4.99. The molecular formula is C12H13NO2. The third-order valence-electron chi connectivity index (χ3n) is 2.60. The van der Waals surface area contributed by atoms with Crippen molar-refractivity contribution < 1.29 is 9.47 Å². The van der Waals surface area contributed by atoms with E-state index in [1.165, 1.54) is 0 Å². The molecule has 3 heteroatoms. The van der Waals surface area contributed by atoms with Gasteiger partial charge >= 0.3 is 0 Å². The number of nitrogens with zero attached hydrogens (tertiary/aromatic N) is 1. The van der Waals surface area contributed by atoms with E-state index in [1.807, 2.05) is 31.2 Å². The maximum atomic E-state index is 8.55. The lowest BCUT2D eigenvalue weighted by Gasteiger charge is -2.22. The zero-order chi connectivity index (χ0) is 10.7. The molecule has 1 saturated heterocycles. The van der Waals surface area contributed by atoms with Gasteiger partial charge < -0.3 is 9.47 Å². The number of hydrogen-bond acceptors (Lipinski definition) is 3. The van der Waals surface area contributed by atoms with Crippen LogP contribution >= 0.6 is 0 Å². The summed E-state index contributed by atoms with van der Waals surface area (Å²) in [5, 5.41) is 8.55. The van der Waals surface area contributed by atoms with Gasteiger partial charge in [0.1, 0.15) is 0 Å². The van der Waals surface area contributed by atoms with Crippen LogP contribution in [0.3, 0.4) is 0 Å². The Labute approximate surface area is 89.2 Å². The van der Waals surface area contributed by atoms with Crippen molar-refractivity contribution in [2.24, 2.45) is 0 Å². The quantitative estimate of drug-likeness (QED) is 0.738. The van der Waals surface area contributed by atoms with Gasteiger partial charge in [0.05, 0.1) is 25.7 Å². The van der Waals surface area contributed by atoms with Crippen LogP contribution < -0.4 is 0 Å². The topological polar surface area (TPSA) is 42.2 Å².